The summed E-state index contributed by atoms with van der Waals surface area (Å²) < 4.78 is 51.7. The van der Waals surface area contributed by atoms with E-state index in [1.54, 1.807) is 0 Å². The maximum atomic E-state index is 13.7. The van der Waals surface area contributed by atoms with Crippen LogP contribution in [0.2, 0.25) is 0 Å². The molecule has 0 aliphatic rings. The second kappa shape index (κ2) is 5.47. The van der Waals surface area contributed by atoms with E-state index in [-0.39, 0.29) is 11.3 Å². The van der Waals surface area contributed by atoms with Crippen LogP contribution in [-0.2, 0) is 11.0 Å². The zero-order chi connectivity index (χ0) is 15.6. The quantitative estimate of drug-likeness (QED) is 0.698. The molecule has 0 aliphatic carbocycles. The van der Waals surface area contributed by atoms with Crippen molar-refractivity contribution < 1.29 is 22.4 Å². The van der Waals surface area contributed by atoms with Gasteiger partial charge in [0.25, 0.3) is 0 Å². The molecule has 2 aromatic heterocycles. The molecule has 1 unspecified atom stereocenters. The maximum Gasteiger partial charge on any atom is 0.416 e. The van der Waals surface area contributed by atoms with Gasteiger partial charge in [0.1, 0.15) is 5.92 Å². The molecule has 8 heteroatoms. The second-order valence-electron chi connectivity index (χ2n) is 4.19. The lowest BCUT2D eigenvalue weighted by atomic mass is 9.94. The maximum absolute atomic E-state index is 13.7. The average molecular weight is 299 g/mol. The normalized spacial score (nSPS) is 13.0. The molecule has 21 heavy (non-hydrogen) atoms. The summed E-state index contributed by atoms with van der Waals surface area (Å²) in [5, 5.41) is 0. The van der Waals surface area contributed by atoms with Gasteiger partial charge in [-0.2, -0.15) is 17.6 Å². The molecule has 2 rings (SSSR count). The lowest BCUT2D eigenvalue weighted by Gasteiger charge is -2.15. The Balaban J connectivity index is 2.55. The molecule has 0 radical (unpaired) electrons. The highest BCUT2D eigenvalue weighted by atomic mass is 19.4. The molecule has 2 aromatic rings. The Morgan fingerprint density at radius 3 is 2.48 bits per heavy atom. The van der Waals surface area contributed by atoms with Gasteiger partial charge in [-0.1, -0.05) is 6.07 Å². The van der Waals surface area contributed by atoms with Crippen LogP contribution in [0.4, 0.5) is 17.6 Å². The lowest BCUT2D eigenvalue weighted by Crippen LogP contribution is -2.25. The van der Waals surface area contributed by atoms with Gasteiger partial charge in [0.15, 0.2) is 0 Å². The van der Waals surface area contributed by atoms with Gasteiger partial charge < -0.3 is 5.73 Å². The lowest BCUT2D eigenvalue weighted by molar-refractivity contribution is -0.137. The number of rotatable bonds is 3. The van der Waals surface area contributed by atoms with Crippen LogP contribution in [0.1, 0.15) is 22.7 Å². The van der Waals surface area contributed by atoms with Gasteiger partial charge in [-0.3, -0.25) is 9.78 Å². The van der Waals surface area contributed by atoms with Crippen molar-refractivity contribution in [3.8, 4) is 0 Å². The average Bonchev–Trinajstić information content (AvgIpc) is 2.40. The van der Waals surface area contributed by atoms with Crippen LogP contribution in [0.25, 0.3) is 0 Å². The summed E-state index contributed by atoms with van der Waals surface area (Å²) in [5.74, 6) is -3.45. The molecule has 0 saturated heterocycles. The highest BCUT2D eigenvalue weighted by Gasteiger charge is 2.33. The molecule has 4 nitrogen and oxygen atoms in total. The molecule has 0 spiro atoms. The first kappa shape index (κ1) is 14.9. The summed E-state index contributed by atoms with van der Waals surface area (Å²) in [4.78, 5) is 18.6. The summed E-state index contributed by atoms with van der Waals surface area (Å²) in [5.41, 5.74) is 3.66. The summed E-state index contributed by atoms with van der Waals surface area (Å²) in [6.45, 7) is 0. The van der Waals surface area contributed by atoms with E-state index in [1.807, 2.05) is 0 Å². The Labute approximate surface area is 116 Å². The van der Waals surface area contributed by atoms with E-state index in [4.69, 9.17) is 5.73 Å². The van der Waals surface area contributed by atoms with Crippen molar-refractivity contribution in [3.05, 3.63) is 59.4 Å². The number of hydrogen-bond donors (Lipinski definition) is 1. The number of alkyl halides is 3. The zero-order valence-corrected chi connectivity index (χ0v) is 10.4. The van der Waals surface area contributed by atoms with Crippen molar-refractivity contribution in [2.75, 3.05) is 0 Å². The molecule has 0 saturated carbocycles. The predicted molar refractivity (Wildman–Crippen MR) is 64.5 cm³/mol. The number of nitrogens with two attached hydrogens (primary N) is 1. The van der Waals surface area contributed by atoms with Crippen LogP contribution in [0, 0.1) is 5.95 Å². The molecule has 0 fully saturated rings. The van der Waals surface area contributed by atoms with Gasteiger partial charge in [0, 0.05) is 18.0 Å². The van der Waals surface area contributed by atoms with Gasteiger partial charge in [-0.15, -0.1) is 0 Å². The fourth-order valence-corrected chi connectivity index (χ4v) is 1.85. The van der Waals surface area contributed by atoms with Crippen molar-refractivity contribution in [2.24, 2.45) is 5.73 Å². The molecule has 110 valence electrons. The molecule has 2 heterocycles. The van der Waals surface area contributed by atoms with Crippen LogP contribution in [0.3, 0.4) is 0 Å². The van der Waals surface area contributed by atoms with E-state index in [9.17, 15) is 22.4 Å². The van der Waals surface area contributed by atoms with E-state index < -0.39 is 29.5 Å². The van der Waals surface area contributed by atoms with Gasteiger partial charge in [-0.25, -0.2) is 4.98 Å². The van der Waals surface area contributed by atoms with Gasteiger partial charge in [0.2, 0.25) is 11.9 Å². The van der Waals surface area contributed by atoms with E-state index in [0.717, 1.165) is 18.5 Å². The van der Waals surface area contributed by atoms with E-state index in [0.29, 0.717) is 6.07 Å². The molecule has 0 aliphatic heterocycles. The first-order valence-corrected chi connectivity index (χ1v) is 5.73. The second-order valence-corrected chi connectivity index (χ2v) is 4.19. The molecule has 2 N–H and O–H groups in total. The summed E-state index contributed by atoms with van der Waals surface area (Å²) in [6.07, 6.45) is -2.56. The van der Waals surface area contributed by atoms with Crippen molar-refractivity contribution in [1.82, 2.24) is 9.97 Å². The number of pyridine rings is 2. The highest BCUT2D eigenvalue weighted by molar-refractivity contribution is 5.85. The van der Waals surface area contributed by atoms with Crippen molar-refractivity contribution in [3.63, 3.8) is 0 Å². The first-order chi connectivity index (χ1) is 9.80. The van der Waals surface area contributed by atoms with Crippen molar-refractivity contribution >= 4 is 5.91 Å². The van der Waals surface area contributed by atoms with Crippen LogP contribution in [0.15, 0.2) is 36.7 Å². The van der Waals surface area contributed by atoms with Gasteiger partial charge in [-0.05, 0) is 18.2 Å². The van der Waals surface area contributed by atoms with Crippen molar-refractivity contribution in [1.29, 1.82) is 0 Å². The number of amides is 1. The van der Waals surface area contributed by atoms with E-state index in [1.165, 1.54) is 12.1 Å². The number of carbonyl (C=O) groups is 1. The molecular formula is C13H9F4N3O. The smallest absolute Gasteiger partial charge is 0.369 e. The Morgan fingerprint density at radius 2 is 1.90 bits per heavy atom. The predicted octanol–water partition coefficient (Wildman–Crippen LogP) is 2.25. The molecule has 0 aromatic carbocycles. The molecule has 1 atom stereocenters. The van der Waals surface area contributed by atoms with Crippen molar-refractivity contribution in [2.45, 2.75) is 12.1 Å². The van der Waals surface area contributed by atoms with E-state index >= 15 is 0 Å². The number of primary amides is 1. The number of hydrogen-bond acceptors (Lipinski definition) is 3. The summed E-state index contributed by atoms with van der Waals surface area (Å²) in [7, 11) is 0. The SMILES string of the molecule is NC(=O)C(c1cc(C(F)(F)F)ccn1)c1cccnc1F. The van der Waals surface area contributed by atoms with Crippen LogP contribution >= 0.6 is 0 Å². The standard InChI is InChI=1S/C13H9F4N3O/c14-11-8(2-1-4-20-11)10(12(18)21)9-6-7(3-5-19-9)13(15,16)17/h1-6,10H,(H2,18,21). The zero-order valence-electron chi connectivity index (χ0n) is 10.4. The first-order valence-electron chi connectivity index (χ1n) is 5.73. The largest absolute Gasteiger partial charge is 0.416 e. The summed E-state index contributed by atoms with van der Waals surface area (Å²) in [6, 6.07) is 3.99. The number of nitrogens with zero attached hydrogens (tertiary/aromatic N) is 2. The van der Waals surface area contributed by atoms with Crippen LogP contribution in [-0.4, -0.2) is 15.9 Å². The minimum absolute atomic E-state index is 0.225. The highest BCUT2D eigenvalue weighted by Crippen LogP contribution is 2.32. The third kappa shape index (κ3) is 3.15. The third-order valence-corrected chi connectivity index (χ3v) is 2.79. The Morgan fingerprint density at radius 1 is 1.19 bits per heavy atom. The van der Waals surface area contributed by atoms with Gasteiger partial charge in [0.05, 0.1) is 11.3 Å². The molecular weight excluding hydrogens is 290 g/mol. The Hall–Kier alpha value is -2.51. The number of aromatic nitrogens is 2. The Bertz CT molecular complexity index is 672. The third-order valence-electron chi connectivity index (χ3n) is 2.79. The fourth-order valence-electron chi connectivity index (χ4n) is 1.85. The van der Waals surface area contributed by atoms with Crippen LogP contribution in [0.5, 0.6) is 0 Å². The van der Waals surface area contributed by atoms with Crippen LogP contribution < -0.4 is 5.73 Å². The topological polar surface area (TPSA) is 68.9 Å². The van der Waals surface area contributed by atoms with E-state index in [2.05, 4.69) is 9.97 Å². The van der Waals surface area contributed by atoms with Gasteiger partial charge >= 0.3 is 6.18 Å². The minimum Gasteiger partial charge on any atom is -0.369 e. The number of carbonyl (C=O) groups excluding carboxylic acids is 1. The fraction of sp³-hybridized carbons (Fsp3) is 0.154. The Kier molecular flexibility index (Phi) is 3.88. The molecule has 1 amide bonds. The molecule has 0 bridgehead atoms. The summed E-state index contributed by atoms with van der Waals surface area (Å²) >= 11 is 0. The number of halogens is 4. The monoisotopic (exact) mass is 299 g/mol. The minimum atomic E-state index is -4.60.